The van der Waals surface area contributed by atoms with Crippen LogP contribution in [0.4, 0.5) is 9.59 Å². The predicted molar refractivity (Wildman–Crippen MR) is 80.2 cm³/mol. The van der Waals surface area contributed by atoms with Crippen LogP contribution < -0.4 is 16.2 Å². The van der Waals surface area contributed by atoms with E-state index in [-0.39, 0.29) is 6.61 Å². The maximum Gasteiger partial charge on any atom is 0.423 e. The minimum atomic E-state index is -1.38. The van der Waals surface area contributed by atoms with Gasteiger partial charge in [0.1, 0.15) is 12.6 Å². The van der Waals surface area contributed by atoms with E-state index in [2.05, 4.69) is 5.32 Å². The minimum Gasteiger partial charge on any atom is -0.464 e. The van der Waals surface area contributed by atoms with Gasteiger partial charge >= 0.3 is 12.2 Å². The third kappa shape index (κ3) is 6.25. The van der Waals surface area contributed by atoms with Crippen molar-refractivity contribution in [2.75, 3.05) is 0 Å². The molecule has 1 saturated carbocycles. The average Bonchev–Trinajstić information content (AvgIpc) is 3.35. The second-order valence-electron chi connectivity index (χ2n) is 5.36. The van der Waals surface area contributed by atoms with Crippen LogP contribution in [0.25, 0.3) is 0 Å². The molecule has 8 heteroatoms. The number of carbonyl (C=O) groups is 3. The summed E-state index contributed by atoms with van der Waals surface area (Å²) < 4.78 is 5.07. The van der Waals surface area contributed by atoms with Gasteiger partial charge in [0.2, 0.25) is 0 Å². The molecule has 124 valence electrons. The van der Waals surface area contributed by atoms with E-state index in [4.69, 9.17) is 9.84 Å². The lowest BCUT2D eigenvalue weighted by Gasteiger charge is -2.17. The SMILES string of the molecule is O=C(O)NNC(=O)C(CC1CC1)NC(=O)OCc1ccccc1. The third-order valence-electron chi connectivity index (χ3n) is 3.38. The monoisotopic (exact) mass is 321 g/mol. The fourth-order valence-electron chi connectivity index (χ4n) is 2.03. The number of ether oxygens (including phenoxy) is 1. The van der Waals surface area contributed by atoms with Crippen LogP contribution in [0.1, 0.15) is 24.8 Å². The molecule has 0 aromatic heterocycles. The Morgan fingerprint density at radius 3 is 2.48 bits per heavy atom. The molecule has 2 rings (SSSR count). The van der Waals surface area contributed by atoms with E-state index < -0.39 is 24.1 Å². The molecule has 0 spiro atoms. The number of carboxylic acid groups (broad SMARTS) is 1. The maximum absolute atomic E-state index is 11.9. The molecule has 0 aliphatic heterocycles. The van der Waals surface area contributed by atoms with Crippen LogP contribution in [0.2, 0.25) is 0 Å². The van der Waals surface area contributed by atoms with E-state index in [1.165, 1.54) is 0 Å². The number of hydrogen-bond donors (Lipinski definition) is 4. The maximum atomic E-state index is 11.9. The topological polar surface area (TPSA) is 117 Å². The quantitative estimate of drug-likeness (QED) is 0.591. The van der Waals surface area contributed by atoms with Gasteiger partial charge in [-0.1, -0.05) is 43.2 Å². The van der Waals surface area contributed by atoms with Crippen LogP contribution >= 0.6 is 0 Å². The van der Waals surface area contributed by atoms with Gasteiger partial charge in [0.05, 0.1) is 0 Å². The molecule has 8 nitrogen and oxygen atoms in total. The number of rotatable bonds is 6. The van der Waals surface area contributed by atoms with Crippen molar-refractivity contribution in [3.05, 3.63) is 35.9 Å². The number of nitrogens with one attached hydrogen (secondary N) is 3. The zero-order valence-corrected chi connectivity index (χ0v) is 12.5. The summed E-state index contributed by atoms with van der Waals surface area (Å²) in [5, 5.41) is 11.0. The van der Waals surface area contributed by atoms with E-state index >= 15 is 0 Å². The Hall–Kier alpha value is -2.77. The lowest BCUT2D eigenvalue weighted by molar-refractivity contribution is -0.124. The summed E-state index contributed by atoms with van der Waals surface area (Å²) in [5.41, 5.74) is 4.64. The highest BCUT2D eigenvalue weighted by atomic mass is 16.5. The molecular formula is C15H19N3O5. The summed E-state index contributed by atoms with van der Waals surface area (Å²) in [6, 6.07) is 8.32. The first kappa shape index (κ1) is 16.6. The van der Waals surface area contributed by atoms with E-state index in [0.29, 0.717) is 12.3 Å². The molecule has 4 N–H and O–H groups in total. The molecule has 3 amide bonds. The third-order valence-corrected chi connectivity index (χ3v) is 3.38. The Bertz CT molecular complexity index is 559. The molecule has 0 heterocycles. The Morgan fingerprint density at radius 2 is 1.87 bits per heavy atom. The molecule has 1 fully saturated rings. The number of benzene rings is 1. The molecular weight excluding hydrogens is 302 g/mol. The lowest BCUT2D eigenvalue weighted by atomic mass is 10.1. The highest BCUT2D eigenvalue weighted by molar-refractivity contribution is 5.86. The van der Waals surface area contributed by atoms with Crippen molar-refractivity contribution in [2.45, 2.75) is 31.9 Å². The van der Waals surface area contributed by atoms with E-state index in [9.17, 15) is 14.4 Å². The number of alkyl carbamates (subject to hydrolysis) is 1. The van der Waals surface area contributed by atoms with E-state index in [1.54, 1.807) is 5.43 Å². The first-order chi connectivity index (χ1) is 11.0. The van der Waals surface area contributed by atoms with Crippen molar-refractivity contribution >= 4 is 18.1 Å². The lowest BCUT2D eigenvalue weighted by Crippen LogP contribution is -2.52. The Labute approximate surface area is 133 Å². The Balaban J connectivity index is 1.82. The van der Waals surface area contributed by atoms with Crippen LogP contribution in [0.3, 0.4) is 0 Å². The van der Waals surface area contributed by atoms with Crippen LogP contribution in [0, 0.1) is 5.92 Å². The largest absolute Gasteiger partial charge is 0.464 e. The zero-order valence-electron chi connectivity index (χ0n) is 12.5. The van der Waals surface area contributed by atoms with E-state index in [1.807, 2.05) is 35.8 Å². The highest BCUT2D eigenvalue weighted by Gasteiger charge is 2.31. The normalized spacial score (nSPS) is 14.4. The molecule has 1 unspecified atom stereocenters. The summed E-state index contributed by atoms with van der Waals surface area (Å²) in [6.07, 6.45) is 0.349. The smallest absolute Gasteiger partial charge is 0.423 e. The van der Waals surface area contributed by atoms with Crippen LogP contribution in [0.15, 0.2) is 30.3 Å². The number of hydrazine groups is 1. The van der Waals surface area contributed by atoms with Gasteiger partial charge in [-0.05, 0) is 17.9 Å². The van der Waals surface area contributed by atoms with Gasteiger partial charge in [-0.15, -0.1) is 0 Å². The fourth-order valence-corrected chi connectivity index (χ4v) is 2.03. The molecule has 1 aromatic rings. The first-order valence-corrected chi connectivity index (χ1v) is 7.30. The van der Waals surface area contributed by atoms with Crippen LogP contribution in [-0.2, 0) is 16.1 Å². The van der Waals surface area contributed by atoms with Crippen molar-refractivity contribution in [3.63, 3.8) is 0 Å². The summed E-state index contributed by atoms with van der Waals surface area (Å²) in [5.74, 6) is -0.249. The minimum absolute atomic E-state index is 0.0951. The fraction of sp³-hybridized carbons (Fsp3) is 0.400. The van der Waals surface area contributed by atoms with Crippen LogP contribution in [-0.4, -0.2) is 29.2 Å². The van der Waals surface area contributed by atoms with Crippen molar-refractivity contribution in [1.29, 1.82) is 0 Å². The van der Waals surface area contributed by atoms with Gasteiger partial charge in [-0.25, -0.2) is 15.0 Å². The Kier molecular flexibility index (Phi) is 5.79. The van der Waals surface area contributed by atoms with Gasteiger partial charge in [-0.3, -0.25) is 10.2 Å². The summed E-state index contributed by atoms with van der Waals surface area (Å²) in [4.78, 5) is 34.1. The highest BCUT2D eigenvalue weighted by Crippen LogP contribution is 2.33. The van der Waals surface area contributed by atoms with Crippen molar-refractivity contribution in [2.24, 2.45) is 5.92 Å². The average molecular weight is 321 g/mol. The predicted octanol–water partition coefficient (Wildman–Crippen LogP) is 1.38. The first-order valence-electron chi connectivity index (χ1n) is 7.30. The van der Waals surface area contributed by atoms with Gasteiger partial charge in [0, 0.05) is 0 Å². The number of hydrogen-bond acceptors (Lipinski definition) is 4. The molecule has 23 heavy (non-hydrogen) atoms. The van der Waals surface area contributed by atoms with Crippen molar-refractivity contribution in [3.8, 4) is 0 Å². The summed E-state index contributed by atoms with van der Waals surface area (Å²) in [6.45, 7) is 0.0951. The van der Waals surface area contributed by atoms with Crippen molar-refractivity contribution < 1.29 is 24.2 Å². The van der Waals surface area contributed by atoms with Gasteiger partial charge in [-0.2, -0.15) is 0 Å². The second-order valence-corrected chi connectivity index (χ2v) is 5.36. The van der Waals surface area contributed by atoms with Gasteiger partial charge in [0.15, 0.2) is 0 Å². The second kappa shape index (κ2) is 8.02. The molecule has 0 bridgehead atoms. The number of amides is 3. The van der Waals surface area contributed by atoms with Crippen molar-refractivity contribution in [1.82, 2.24) is 16.2 Å². The Morgan fingerprint density at radius 1 is 1.17 bits per heavy atom. The van der Waals surface area contributed by atoms with Gasteiger partial charge in [0.25, 0.3) is 5.91 Å². The zero-order chi connectivity index (χ0) is 16.7. The van der Waals surface area contributed by atoms with E-state index in [0.717, 1.165) is 18.4 Å². The molecule has 0 radical (unpaired) electrons. The number of carbonyl (C=O) groups excluding carboxylic acids is 2. The summed E-state index contributed by atoms with van der Waals surface area (Å²) in [7, 11) is 0. The molecule has 0 saturated heterocycles. The summed E-state index contributed by atoms with van der Waals surface area (Å²) >= 11 is 0. The van der Waals surface area contributed by atoms with Gasteiger partial charge < -0.3 is 15.2 Å². The standard InChI is InChI=1S/C15H19N3O5/c19-13(17-18-14(20)21)12(8-10-6-7-10)16-15(22)23-9-11-4-2-1-3-5-11/h1-5,10,12,18H,6-9H2,(H,16,22)(H,17,19)(H,20,21). The van der Waals surface area contributed by atoms with Crippen LogP contribution in [0.5, 0.6) is 0 Å². The molecule has 1 aliphatic rings. The molecule has 1 atom stereocenters. The molecule has 1 aromatic carbocycles. The molecule has 1 aliphatic carbocycles.